The number of fused-ring (bicyclic) bond motifs is 2. The van der Waals surface area contributed by atoms with Crippen molar-refractivity contribution in [3.8, 4) is 11.3 Å². The Labute approximate surface area is 202 Å². The number of morpholine rings is 1. The molecule has 0 aliphatic carbocycles. The summed E-state index contributed by atoms with van der Waals surface area (Å²) < 4.78 is 7.53. The van der Waals surface area contributed by atoms with Crippen LogP contribution in [0.2, 0.25) is 0 Å². The SMILES string of the molecule is CC(=O)N1CCN(CCn2ncc3c(-c4cccc5[nH]ncc45)nc(N4CCOCC4)nc32)CC1. The second kappa shape index (κ2) is 9.23. The summed E-state index contributed by atoms with van der Waals surface area (Å²) in [7, 11) is 0. The van der Waals surface area contributed by atoms with Gasteiger partial charge in [-0.3, -0.25) is 14.8 Å². The number of carbonyl (C=O) groups is 1. The van der Waals surface area contributed by atoms with Crippen LogP contribution in [0.4, 0.5) is 5.95 Å². The van der Waals surface area contributed by atoms with Gasteiger partial charge in [0.15, 0.2) is 5.65 Å². The van der Waals surface area contributed by atoms with Crippen LogP contribution in [0.1, 0.15) is 6.92 Å². The van der Waals surface area contributed by atoms with Crippen LogP contribution in [-0.4, -0.2) is 105 Å². The molecule has 182 valence electrons. The number of aromatic nitrogens is 6. The predicted octanol–water partition coefficient (Wildman–Crippen LogP) is 1.37. The van der Waals surface area contributed by atoms with E-state index in [1.165, 1.54) is 0 Å². The number of H-pyrrole nitrogens is 1. The van der Waals surface area contributed by atoms with Gasteiger partial charge >= 0.3 is 0 Å². The zero-order valence-corrected chi connectivity index (χ0v) is 19.9. The zero-order valence-electron chi connectivity index (χ0n) is 19.9. The van der Waals surface area contributed by atoms with Crippen molar-refractivity contribution >= 4 is 33.8 Å². The summed E-state index contributed by atoms with van der Waals surface area (Å²) in [6.07, 6.45) is 3.72. The Bertz CT molecular complexity index is 1350. The number of amides is 1. The lowest BCUT2D eigenvalue weighted by molar-refractivity contribution is -0.130. The molecule has 2 saturated heterocycles. The van der Waals surface area contributed by atoms with Gasteiger partial charge < -0.3 is 14.5 Å². The average molecular weight is 476 g/mol. The van der Waals surface area contributed by atoms with Gasteiger partial charge in [0.25, 0.3) is 0 Å². The molecule has 1 amide bonds. The zero-order chi connectivity index (χ0) is 23.8. The van der Waals surface area contributed by atoms with E-state index >= 15 is 0 Å². The fourth-order valence-electron chi connectivity index (χ4n) is 4.91. The van der Waals surface area contributed by atoms with Crippen molar-refractivity contribution in [2.45, 2.75) is 13.5 Å². The third-order valence-electron chi connectivity index (χ3n) is 6.96. The Hall–Kier alpha value is -3.57. The summed E-state index contributed by atoms with van der Waals surface area (Å²) >= 11 is 0. The summed E-state index contributed by atoms with van der Waals surface area (Å²) in [5.74, 6) is 0.850. The predicted molar refractivity (Wildman–Crippen MR) is 132 cm³/mol. The molecule has 2 aliphatic rings. The number of benzene rings is 1. The van der Waals surface area contributed by atoms with Gasteiger partial charge in [-0.1, -0.05) is 12.1 Å². The van der Waals surface area contributed by atoms with Crippen LogP contribution in [0.3, 0.4) is 0 Å². The minimum absolute atomic E-state index is 0.148. The molecule has 2 aliphatic heterocycles. The van der Waals surface area contributed by atoms with E-state index in [1.54, 1.807) is 6.92 Å². The average Bonchev–Trinajstić information content (AvgIpc) is 3.55. The molecular weight excluding hydrogens is 446 g/mol. The topological polar surface area (TPSA) is 108 Å². The van der Waals surface area contributed by atoms with E-state index in [0.717, 1.165) is 85.6 Å². The van der Waals surface area contributed by atoms with Crippen LogP contribution in [0.25, 0.3) is 33.2 Å². The van der Waals surface area contributed by atoms with E-state index in [-0.39, 0.29) is 5.91 Å². The Kier molecular flexibility index (Phi) is 5.78. The standard InChI is InChI=1S/C24H29N9O2/c1-17(34)31-8-5-30(6-9-31)7-10-33-23-20(16-26-33)22(18-3-2-4-21-19(18)15-25-29-21)27-24(28-23)32-11-13-35-14-12-32/h2-4,15-16H,5-14H2,1H3,(H,25,29). The Morgan fingerprint density at radius 2 is 1.83 bits per heavy atom. The third kappa shape index (κ3) is 4.21. The van der Waals surface area contributed by atoms with Crippen LogP contribution in [0, 0.1) is 0 Å². The molecule has 4 aromatic rings. The van der Waals surface area contributed by atoms with Crippen molar-refractivity contribution in [2.75, 3.05) is 63.9 Å². The molecular formula is C24H29N9O2. The van der Waals surface area contributed by atoms with Crippen molar-refractivity contribution in [2.24, 2.45) is 0 Å². The smallest absolute Gasteiger partial charge is 0.228 e. The van der Waals surface area contributed by atoms with Gasteiger partial charge in [-0.05, 0) is 6.07 Å². The molecule has 1 aromatic carbocycles. The van der Waals surface area contributed by atoms with Crippen molar-refractivity contribution in [3.63, 3.8) is 0 Å². The summed E-state index contributed by atoms with van der Waals surface area (Å²) in [5, 5.41) is 14.0. The molecule has 0 bridgehead atoms. The molecule has 1 N–H and O–H groups in total. The first-order valence-corrected chi connectivity index (χ1v) is 12.1. The van der Waals surface area contributed by atoms with E-state index in [1.807, 2.05) is 34.1 Å². The fraction of sp³-hybridized carbons (Fsp3) is 0.458. The van der Waals surface area contributed by atoms with Crippen LogP contribution in [-0.2, 0) is 16.1 Å². The van der Waals surface area contributed by atoms with Gasteiger partial charge in [0.05, 0.1) is 48.7 Å². The number of nitrogens with one attached hydrogen (secondary N) is 1. The molecule has 2 fully saturated rings. The van der Waals surface area contributed by atoms with Crippen LogP contribution < -0.4 is 4.90 Å². The fourth-order valence-corrected chi connectivity index (χ4v) is 4.91. The Morgan fingerprint density at radius 1 is 1.00 bits per heavy atom. The van der Waals surface area contributed by atoms with Gasteiger partial charge in [-0.25, -0.2) is 9.67 Å². The van der Waals surface area contributed by atoms with E-state index in [2.05, 4.69) is 26.1 Å². The summed E-state index contributed by atoms with van der Waals surface area (Å²) in [6.45, 7) is 9.36. The quantitative estimate of drug-likeness (QED) is 0.461. The summed E-state index contributed by atoms with van der Waals surface area (Å²) in [4.78, 5) is 28.1. The first-order valence-electron chi connectivity index (χ1n) is 12.1. The lowest BCUT2D eigenvalue weighted by atomic mass is 10.1. The third-order valence-corrected chi connectivity index (χ3v) is 6.96. The van der Waals surface area contributed by atoms with E-state index in [9.17, 15) is 4.79 Å². The summed E-state index contributed by atoms with van der Waals surface area (Å²) in [5.41, 5.74) is 3.68. The second-order valence-electron chi connectivity index (χ2n) is 9.06. The second-order valence-corrected chi connectivity index (χ2v) is 9.06. The number of anilines is 1. The first-order chi connectivity index (χ1) is 17.2. The van der Waals surface area contributed by atoms with Gasteiger partial charge in [-0.15, -0.1) is 0 Å². The number of aromatic amines is 1. The van der Waals surface area contributed by atoms with Crippen LogP contribution >= 0.6 is 0 Å². The number of nitrogens with zero attached hydrogens (tertiary/aromatic N) is 8. The Morgan fingerprint density at radius 3 is 2.63 bits per heavy atom. The van der Waals surface area contributed by atoms with Crippen LogP contribution in [0.5, 0.6) is 0 Å². The molecule has 11 heteroatoms. The van der Waals surface area contributed by atoms with E-state index < -0.39 is 0 Å². The monoisotopic (exact) mass is 475 g/mol. The highest BCUT2D eigenvalue weighted by Crippen LogP contribution is 2.33. The number of ether oxygens (including phenoxy) is 1. The van der Waals surface area contributed by atoms with Gasteiger partial charge in [0.2, 0.25) is 11.9 Å². The molecule has 6 rings (SSSR count). The lowest BCUT2D eigenvalue weighted by Gasteiger charge is -2.34. The van der Waals surface area contributed by atoms with Crippen molar-refractivity contribution < 1.29 is 9.53 Å². The van der Waals surface area contributed by atoms with Crippen molar-refractivity contribution in [3.05, 3.63) is 30.6 Å². The lowest BCUT2D eigenvalue weighted by Crippen LogP contribution is -2.48. The number of hydrogen-bond donors (Lipinski definition) is 1. The molecule has 0 atom stereocenters. The minimum Gasteiger partial charge on any atom is -0.378 e. The molecule has 5 heterocycles. The van der Waals surface area contributed by atoms with E-state index in [0.29, 0.717) is 19.2 Å². The highest BCUT2D eigenvalue weighted by atomic mass is 16.5. The summed E-state index contributed by atoms with van der Waals surface area (Å²) in [6, 6.07) is 6.11. The number of carbonyl (C=O) groups excluding carboxylic acids is 1. The molecule has 0 radical (unpaired) electrons. The number of rotatable bonds is 5. The molecule has 0 unspecified atom stereocenters. The maximum Gasteiger partial charge on any atom is 0.228 e. The van der Waals surface area contributed by atoms with Gasteiger partial charge in [0.1, 0.15) is 0 Å². The van der Waals surface area contributed by atoms with Crippen LogP contribution in [0.15, 0.2) is 30.6 Å². The normalized spacial score (nSPS) is 17.5. The maximum atomic E-state index is 11.6. The Balaban J connectivity index is 1.35. The molecule has 35 heavy (non-hydrogen) atoms. The molecule has 11 nitrogen and oxygen atoms in total. The molecule has 3 aromatic heterocycles. The largest absolute Gasteiger partial charge is 0.378 e. The maximum absolute atomic E-state index is 11.6. The van der Waals surface area contributed by atoms with Gasteiger partial charge in [0, 0.05) is 63.7 Å². The van der Waals surface area contributed by atoms with Crippen molar-refractivity contribution in [1.29, 1.82) is 0 Å². The van der Waals surface area contributed by atoms with E-state index in [4.69, 9.17) is 19.8 Å². The van der Waals surface area contributed by atoms with Gasteiger partial charge in [-0.2, -0.15) is 15.2 Å². The van der Waals surface area contributed by atoms with Crippen molar-refractivity contribution in [1.82, 2.24) is 39.7 Å². The number of hydrogen-bond acceptors (Lipinski definition) is 8. The molecule has 0 saturated carbocycles. The molecule has 0 spiro atoms. The number of piperazine rings is 1. The highest BCUT2D eigenvalue weighted by Gasteiger charge is 2.22. The highest BCUT2D eigenvalue weighted by molar-refractivity contribution is 6.01. The first kappa shape index (κ1) is 21.9. The minimum atomic E-state index is 0.148.